The van der Waals surface area contributed by atoms with Crippen LogP contribution in [0.15, 0.2) is 34.3 Å². The molecule has 5 nitrogen and oxygen atoms in total. The maximum atomic E-state index is 11.9. The van der Waals surface area contributed by atoms with Gasteiger partial charge in [-0.3, -0.25) is 0 Å². The molecule has 1 aromatic rings. The zero-order valence-corrected chi connectivity index (χ0v) is 10.5. The lowest BCUT2D eigenvalue weighted by atomic mass is 10.4. The van der Waals surface area contributed by atoms with E-state index in [-0.39, 0.29) is 11.5 Å². The summed E-state index contributed by atoms with van der Waals surface area (Å²) < 4.78 is 23.8. The number of sulfone groups is 1. The molecule has 0 N–H and O–H groups in total. The van der Waals surface area contributed by atoms with Gasteiger partial charge in [0.25, 0.3) is 5.04 Å². The first kappa shape index (κ1) is 13.5. The molecule has 0 aliphatic carbocycles. The Morgan fingerprint density at radius 1 is 1.47 bits per heavy atom. The van der Waals surface area contributed by atoms with Crippen LogP contribution >= 0.6 is 11.6 Å². The number of benzene rings is 1. The summed E-state index contributed by atoms with van der Waals surface area (Å²) in [5, 5.41) is 11.7. The Morgan fingerprint density at radius 3 is 2.53 bits per heavy atom. The monoisotopic (exact) mass is 272 g/mol. The van der Waals surface area contributed by atoms with E-state index in [1.807, 2.05) is 0 Å². The summed E-state index contributed by atoms with van der Waals surface area (Å²) in [6, 6.07) is 6.94. The Balaban J connectivity index is 3.19. The first-order chi connectivity index (χ1) is 8.02. The highest BCUT2D eigenvalue weighted by Crippen LogP contribution is 2.16. The van der Waals surface area contributed by atoms with Gasteiger partial charge < -0.3 is 4.84 Å². The molecule has 0 amide bonds. The summed E-state index contributed by atoms with van der Waals surface area (Å²) in [4.78, 5) is 4.52. The van der Waals surface area contributed by atoms with Crippen LogP contribution in [-0.4, -0.2) is 20.1 Å². The van der Waals surface area contributed by atoms with Gasteiger partial charge in [0, 0.05) is 5.02 Å². The topological polar surface area (TPSA) is 79.5 Å². The molecule has 7 heteroatoms. The van der Waals surface area contributed by atoms with Crippen molar-refractivity contribution < 1.29 is 13.3 Å². The minimum Gasteiger partial charge on any atom is -0.394 e. The molecule has 0 saturated carbocycles. The maximum absolute atomic E-state index is 11.9. The zero-order chi connectivity index (χ0) is 12.9. The third-order valence-electron chi connectivity index (χ3n) is 1.75. The fraction of sp³-hybridized carbons (Fsp3) is 0.200. The van der Waals surface area contributed by atoms with E-state index in [4.69, 9.17) is 16.9 Å². The number of hydrogen-bond acceptors (Lipinski definition) is 5. The molecule has 1 aromatic carbocycles. The Morgan fingerprint density at radius 2 is 2.06 bits per heavy atom. The second kappa shape index (κ2) is 5.66. The quantitative estimate of drug-likeness (QED) is 0.479. The van der Waals surface area contributed by atoms with Gasteiger partial charge in [0.2, 0.25) is 9.84 Å². The first-order valence-corrected chi connectivity index (χ1v) is 6.49. The van der Waals surface area contributed by atoms with Crippen molar-refractivity contribution in [2.75, 3.05) is 6.61 Å². The lowest BCUT2D eigenvalue weighted by Gasteiger charge is -2.01. The molecule has 0 bridgehead atoms. The van der Waals surface area contributed by atoms with Crippen molar-refractivity contribution in [3.05, 3.63) is 29.3 Å². The van der Waals surface area contributed by atoms with Gasteiger partial charge in [0.05, 0.1) is 4.90 Å². The van der Waals surface area contributed by atoms with Crippen molar-refractivity contribution in [1.29, 1.82) is 5.26 Å². The predicted octanol–water partition coefficient (Wildman–Crippen LogP) is 1.99. The van der Waals surface area contributed by atoms with Gasteiger partial charge in [0.1, 0.15) is 12.7 Å². The largest absolute Gasteiger partial charge is 0.394 e. The van der Waals surface area contributed by atoms with Crippen LogP contribution in [0.1, 0.15) is 6.92 Å². The lowest BCUT2D eigenvalue weighted by molar-refractivity contribution is 0.160. The van der Waals surface area contributed by atoms with Crippen molar-refractivity contribution in [3.8, 4) is 6.07 Å². The minimum absolute atomic E-state index is 0.0538. The SMILES string of the molecule is CCO/N=C(\C#N)S(=O)(=O)c1ccc(Cl)cc1. The van der Waals surface area contributed by atoms with E-state index in [0.717, 1.165) is 0 Å². The Labute approximate surface area is 104 Å². The molecular formula is C10H9ClN2O3S. The van der Waals surface area contributed by atoms with Crippen LogP contribution < -0.4 is 0 Å². The number of halogens is 1. The highest BCUT2D eigenvalue weighted by Gasteiger charge is 2.23. The predicted molar refractivity (Wildman–Crippen MR) is 63.3 cm³/mol. The van der Waals surface area contributed by atoms with E-state index in [1.54, 1.807) is 6.92 Å². The van der Waals surface area contributed by atoms with E-state index in [0.29, 0.717) is 5.02 Å². The van der Waals surface area contributed by atoms with Crippen LogP contribution in [-0.2, 0) is 14.7 Å². The fourth-order valence-corrected chi connectivity index (χ4v) is 2.09. The number of nitriles is 1. The second-order valence-electron chi connectivity index (χ2n) is 2.88. The van der Waals surface area contributed by atoms with Gasteiger partial charge in [-0.15, -0.1) is 0 Å². The van der Waals surface area contributed by atoms with Crippen LogP contribution in [0.4, 0.5) is 0 Å². The molecule has 0 heterocycles. The van der Waals surface area contributed by atoms with Crippen molar-refractivity contribution in [3.63, 3.8) is 0 Å². The molecule has 0 aliphatic rings. The third kappa shape index (κ3) is 3.19. The van der Waals surface area contributed by atoms with Gasteiger partial charge in [0.15, 0.2) is 0 Å². The van der Waals surface area contributed by atoms with E-state index >= 15 is 0 Å². The highest BCUT2D eigenvalue weighted by molar-refractivity contribution is 8.07. The summed E-state index contributed by atoms with van der Waals surface area (Å²) in [6.07, 6.45) is 0. The van der Waals surface area contributed by atoms with Crippen molar-refractivity contribution in [2.45, 2.75) is 11.8 Å². The molecule has 90 valence electrons. The van der Waals surface area contributed by atoms with E-state index in [1.165, 1.54) is 30.3 Å². The van der Waals surface area contributed by atoms with E-state index < -0.39 is 14.9 Å². The number of nitrogens with zero attached hydrogens (tertiary/aromatic N) is 2. The smallest absolute Gasteiger partial charge is 0.275 e. The Hall–Kier alpha value is -1.58. The summed E-state index contributed by atoms with van der Waals surface area (Å²) in [7, 11) is -3.93. The molecule has 0 fully saturated rings. The van der Waals surface area contributed by atoms with Gasteiger partial charge in [-0.05, 0) is 31.2 Å². The standard InChI is InChI=1S/C10H9ClN2O3S/c1-2-16-13-10(7-12)17(14,15)9-5-3-8(11)4-6-9/h3-6H,2H2,1H3/b13-10+. The van der Waals surface area contributed by atoms with Crippen molar-refractivity contribution in [1.82, 2.24) is 0 Å². The van der Waals surface area contributed by atoms with Crippen LogP contribution in [0.3, 0.4) is 0 Å². The Kier molecular flexibility index (Phi) is 4.49. The van der Waals surface area contributed by atoms with Crippen molar-refractivity contribution >= 4 is 26.5 Å². The fourth-order valence-electron chi connectivity index (χ4n) is 0.978. The highest BCUT2D eigenvalue weighted by atomic mass is 35.5. The molecule has 0 spiro atoms. The summed E-state index contributed by atoms with van der Waals surface area (Å²) in [5.41, 5.74) is 0. The van der Waals surface area contributed by atoms with Crippen LogP contribution in [0.2, 0.25) is 5.02 Å². The molecule has 0 radical (unpaired) electrons. The summed E-state index contributed by atoms with van der Waals surface area (Å²) >= 11 is 5.64. The lowest BCUT2D eigenvalue weighted by Crippen LogP contribution is -2.13. The number of oxime groups is 1. The average molecular weight is 273 g/mol. The molecule has 17 heavy (non-hydrogen) atoms. The minimum atomic E-state index is -3.93. The van der Waals surface area contributed by atoms with Gasteiger partial charge in [-0.1, -0.05) is 16.8 Å². The summed E-state index contributed by atoms with van der Waals surface area (Å²) in [5.74, 6) is 0. The molecule has 1 rings (SSSR count). The first-order valence-electron chi connectivity index (χ1n) is 4.63. The number of hydrogen-bond donors (Lipinski definition) is 0. The molecular weight excluding hydrogens is 264 g/mol. The van der Waals surface area contributed by atoms with Crippen LogP contribution in [0, 0.1) is 11.3 Å². The molecule has 0 saturated heterocycles. The van der Waals surface area contributed by atoms with E-state index in [2.05, 4.69) is 9.99 Å². The molecule has 0 atom stereocenters. The molecule has 0 unspecified atom stereocenters. The second-order valence-corrected chi connectivity index (χ2v) is 5.18. The van der Waals surface area contributed by atoms with Crippen LogP contribution in [0.5, 0.6) is 0 Å². The average Bonchev–Trinajstić information content (AvgIpc) is 2.30. The molecule has 0 aromatic heterocycles. The zero-order valence-electron chi connectivity index (χ0n) is 8.92. The summed E-state index contributed by atoms with van der Waals surface area (Å²) in [6.45, 7) is 1.81. The van der Waals surface area contributed by atoms with Gasteiger partial charge >= 0.3 is 0 Å². The van der Waals surface area contributed by atoms with Crippen molar-refractivity contribution in [2.24, 2.45) is 5.16 Å². The van der Waals surface area contributed by atoms with E-state index in [9.17, 15) is 8.42 Å². The third-order valence-corrected chi connectivity index (χ3v) is 3.57. The number of rotatable bonds is 3. The molecule has 0 aliphatic heterocycles. The Bertz CT molecular complexity index is 558. The van der Waals surface area contributed by atoms with Gasteiger partial charge in [-0.2, -0.15) is 5.26 Å². The normalized spacial score (nSPS) is 11.9. The van der Waals surface area contributed by atoms with Gasteiger partial charge in [-0.25, -0.2) is 8.42 Å². The maximum Gasteiger partial charge on any atom is 0.275 e. The van der Waals surface area contributed by atoms with Crippen LogP contribution in [0.25, 0.3) is 0 Å².